The topological polar surface area (TPSA) is 75.7 Å². The second kappa shape index (κ2) is 6.67. The highest BCUT2D eigenvalue weighted by molar-refractivity contribution is 7.95. The minimum Gasteiger partial charge on any atom is -0.490 e. The van der Waals surface area contributed by atoms with Gasteiger partial charge < -0.3 is 10.1 Å². The van der Waals surface area contributed by atoms with Gasteiger partial charge in [-0.25, -0.2) is 8.42 Å². The SMILES string of the molecule is C=CCOc1ccc(NC(=O)[C@@]23C[C@@H]2CN(c2ccc(C)cc2)S3(=O)=O)cc1. The molecule has 1 aliphatic carbocycles. The van der Waals surface area contributed by atoms with E-state index in [1.807, 2.05) is 19.1 Å². The maximum atomic E-state index is 13.2. The van der Waals surface area contributed by atoms with E-state index in [4.69, 9.17) is 4.74 Å². The zero-order chi connectivity index (χ0) is 19.9. The maximum absolute atomic E-state index is 13.2. The van der Waals surface area contributed by atoms with Crippen molar-refractivity contribution in [1.82, 2.24) is 0 Å². The Morgan fingerprint density at radius 2 is 1.93 bits per heavy atom. The van der Waals surface area contributed by atoms with Crippen molar-refractivity contribution in [2.45, 2.75) is 18.1 Å². The maximum Gasteiger partial charge on any atom is 0.250 e. The van der Waals surface area contributed by atoms with Gasteiger partial charge in [-0.15, -0.1) is 0 Å². The molecular formula is C21H22N2O4S. The van der Waals surface area contributed by atoms with E-state index in [9.17, 15) is 13.2 Å². The number of aryl methyl sites for hydroxylation is 1. The van der Waals surface area contributed by atoms with Gasteiger partial charge in [-0.3, -0.25) is 9.10 Å². The van der Waals surface area contributed by atoms with E-state index in [0.29, 0.717) is 36.7 Å². The Bertz CT molecular complexity index is 1020. The van der Waals surface area contributed by atoms with Crippen LogP contribution in [-0.4, -0.2) is 32.2 Å². The smallest absolute Gasteiger partial charge is 0.250 e. The molecule has 28 heavy (non-hydrogen) atoms. The molecule has 0 aromatic heterocycles. The number of hydrogen-bond acceptors (Lipinski definition) is 4. The van der Waals surface area contributed by atoms with E-state index in [-0.39, 0.29) is 5.92 Å². The first-order chi connectivity index (χ1) is 13.4. The van der Waals surface area contributed by atoms with Crippen LogP contribution in [0.1, 0.15) is 12.0 Å². The molecule has 4 rings (SSSR count). The van der Waals surface area contributed by atoms with Crippen LogP contribution in [0, 0.1) is 12.8 Å². The van der Waals surface area contributed by atoms with Gasteiger partial charge in [0.05, 0.1) is 5.69 Å². The Morgan fingerprint density at radius 1 is 1.25 bits per heavy atom. The molecule has 1 heterocycles. The van der Waals surface area contributed by atoms with Gasteiger partial charge in [0.25, 0.3) is 0 Å². The molecule has 0 radical (unpaired) electrons. The van der Waals surface area contributed by atoms with Gasteiger partial charge in [-0.05, 0) is 49.7 Å². The van der Waals surface area contributed by atoms with Crippen LogP contribution in [0.5, 0.6) is 5.75 Å². The molecule has 1 N–H and O–H groups in total. The van der Waals surface area contributed by atoms with Crippen LogP contribution in [-0.2, 0) is 14.8 Å². The summed E-state index contributed by atoms with van der Waals surface area (Å²) in [6, 6.07) is 14.2. The molecule has 6 nitrogen and oxygen atoms in total. The number of fused-ring (bicyclic) bond motifs is 1. The molecular weight excluding hydrogens is 376 g/mol. The number of anilines is 2. The van der Waals surface area contributed by atoms with Gasteiger partial charge in [-0.2, -0.15) is 0 Å². The van der Waals surface area contributed by atoms with Crippen LogP contribution in [0.4, 0.5) is 11.4 Å². The highest BCUT2D eigenvalue weighted by Gasteiger charge is 2.75. The zero-order valence-electron chi connectivity index (χ0n) is 15.6. The van der Waals surface area contributed by atoms with E-state index in [0.717, 1.165) is 5.56 Å². The van der Waals surface area contributed by atoms with Crippen molar-refractivity contribution < 1.29 is 17.9 Å². The van der Waals surface area contributed by atoms with Crippen LogP contribution in [0.15, 0.2) is 61.2 Å². The molecule has 2 aromatic carbocycles. The Labute approximate surface area is 164 Å². The summed E-state index contributed by atoms with van der Waals surface area (Å²) in [5.41, 5.74) is 2.20. The number of benzene rings is 2. The second-order valence-corrected chi connectivity index (χ2v) is 9.36. The van der Waals surface area contributed by atoms with Gasteiger partial charge in [-0.1, -0.05) is 30.4 Å². The van der Waals surface area contributed by atoms with Gasteiger partial charge >= 0.3 is 0 Å². The van der Waals surface area contributed by atoms with E-state index in [2.05, 4.69) is 11.9 Å². The van der Waals surface area contributed by atoms with E-state index in [1.54, 1.807) is 42.5 Å². The van der Waals surface area contributed by atoms with Gasteiger partial charge in [0.1, 0.15) is 12.4 Å². The van der Waals surface area contributed by atoms with Crippen molar-refractivity contribution in [2.24, 2.45) is 5.92 Å². The van der Waals surface area contributed by atoms with Gasteiger partial charge in [0, 0.05) is 18.2 Å². The molecule has 1 amide bonds. The first kappa shape index (κ1) is 18.6. The number of ether oxygens (including phenoxy) is 1. The normalized spacial score (nSPS) is 24.3. The second-order valence-electron chi connectivity index (χ2n) is 7.24. The fourth-order valence-electron chi connectivity index (χ4n) is 3.71. The molecule has 0 bridgehead atoms. The first-order valence-corrected chi connectivity index (χ1v) is 10.6. The summed E-state index contributed by atoms with van der Waals surface area (Å²) < 4.78 is 31.8. The van der Waals surface area contributed by atoms with E-state index in [1.165, 1.54) is 4.31 Å². The minimum atomic E-state index is -3.77. The molecule has 2 aromatic rings. The lowest BCUT2D eigenvalue weighted by Gasteiger charge is -2.23. The van der Waals surface area contributed by atoms with Gasteiger partial charge in [0.2, 0.25) is 15.9 Å². The van der Waals surface area contributed by atoms with Crippen molar-refractivity contribution in [1.29, 1.82) is 0 Å². The van der Waals surface area contributed by atoms with Crippen molar-refractivity contribution in [3.05, 3.63) is 66.7 Å². The third kappa shape index (κ3) is 2.86. The van der Waals surface area contributed by atoms with Crippen molar-refractivity contribution in [2.75, 3.05) is 22.8 Å². The summed E-state index contributed by atoms with van der Waals surface area (Å²) >= 11 is 0. The number of hydrogen-bond donors (Lipinski definition) is 1. The Morgan fingerprint density at radius 3 is 2.57 bits per heavy atom. The lowest BCUT2D eigenvalue weighted by Crippen LogP contribution is -2.42. The van der Waals surface area contributed by atoms with Crippen LogP contribution < -0.4 is 14.4 Å². The molecule has 2 atom stereocenters. The number of carbonyl (C=O) groups is 1. The fourth-order valence-corrected chi connectivity index (χ4v) is 6.07. The molecule has 1 saturated carbocycles. The number of sulfonamides is 1. The molecule has 0 spiro atoms. The van der Waals surface area contributed by atoms with Crippen molar-refractivity contribution in [3.8, 4) is 5.75 Å². The zero-order valence-corrected chi connectivity index (χ0v) is 16.4. The quantitative estimate of drug-likeness (QED) is 0.759. The van der Waals surface area contributed by atoms with Crippen LogP contribution in [0.2, 0.25) is 0 Å². The number of nitrogens with one attached hydrogen (secondary N) is 1. The standard InChI is InChI=1S/C21H22N2O4S/c1-3-12-27-19-10-6-17(7-11-19)22-20(24)21-13-16(21)14-23(28(21,25)26)18-8-4-15(2)5-9-18/h3-11,16H,1,12-14H2,2H3,(H,22,24)/t16-,21-/m1/s1. The highest BCUT2D eigenvalue weighted by atomic mass is 32.2. The molecule has 1 saturated heterocycles. The van der Waals surface area contributed by atoms with Crippen LogP contribution in [0.3, 0.4) is 0 Å². The Hall–Kier alpha value is -2.80. The molecule has 0 unspecified atom stereocenters. The monoisotopic (exact) mass is 398 g/mol. The highest BCUT2D eigenvalue weighted by Crippen LogP contribution is 2.58. The number of amides is 1. The Kier molecular flexibility index (Phi) is 4.42. The largest absolute Gasteiger partial charge is 0.490 e. The predicted octanol–water partition coefficient (Wildman–Crippen LogP) is 3.11. The van der Waals surface area contributed by atoms with Crippen LogP contribution in [0.25, 0.3) is 0 Å². The molecule has 146 valence electrons. The lowest BCUT2D eigenvalue weighted by atomic mass is 10.2. The molecule has 2 fully saturated rings. The average molecular weight is 398 g/mol. The summed E-state index contributed by atoms with van der Waals surface area (Å²) in [6.45, 7) is 6.27. The fraction of sp³-hybridized carbons (Fsp3) is 0.286. The van der Waals surface area contributed by atoms with Crippen molar-refractivity contribution >= 4 is 27.3 Å². The average Bonchev–Trinajstić information content (AvgIpc) is 3.37. The first-order valence-electron chi connectivity index (χ1n) is 9.12. The van der Waals surface area contributed by atoms with E-state index >= 15 is 0 Å². The minimum absolute atomic E-state index is 0.186. The summed E-state index contributed by atoms with van der Waals surface area (Å²) in [7, 11) is -3.77. The Balaban J connectivity index is 1.52. The third-order valence-corrected chi connectivity index (χ3v) is 7.92. The summed E-state index contributed by atoms with van der Waals surface area (Å²) in [5, 5.41) is 2.77. The summed E-state index contributed by atoms with van der Waals surface area (Å²) in [5.74, 6) is 0.000248. The van der Waals surface area contributed by atoms with Gasteiger partial charge in [0.15, 0.2) is 4.75 Å². The number of carbonyl (C=O) groups excluding carboxylic acids is 1. The summed E-state index contributed by atoms with van der Waals surface area (Å²) in [4.78, 5) is 12.9. The van der Waals surface area contributed by atoms with Crippen molar-refractivity contribution in [3.63, 3.8) is 0 Å². The number of rotatable bonds is 6. The van der Waals surface area contributed by atoms with E-state index < -0.39 is 20.7 Å². The lowest BCUT2D eigenvalue weighted by molar-refractivity contribution is -0.116. The number of nitrogens with zero attached hydrogens (tertiary/aromatic N) is 1. The predicted molar refractivity (Wildman–Crippen MR) is 109 cm³/mol. The van der Waals surface area contributed by atoms with Crippen LogP contribution >= 0.6 is 0 Å². The third-order valence-electron chi connectivity index (χ3n) is 5.37. The molecule has 2 aliphatic rings. The molecule has 7 heteroatoms. The summed E-state index contributed by atoms with van der Waals surface area (Å²) in [6.07, 6.45) is 2.01. The molecule has 1 aliphatic heterocycles.